The van der Waals surface area contributed by atoms with Crippen molar-refractivity contribution < 1.29 is 19.4 Å². The molecular formula is C15H17N3O4. The summed E-state index contributed by atoms with van der Waals surface area (Å²) in [7, 11) is 3.17. The van der Waals surface area contributed by atoms with Crippen molar-refractivity contribution in [1.82, 2.24) is 15.1 Å². The Kier molecular flexibility index (Phi) is 4.45. The van der Waals surface area contributed by atoms with E-state index in [9.17, 15) is 9.59 Å². The van der Waals surface area contributed by atoms with Gasteiger partial charge in [-0.25, -0.2) is 4.79 Å². The van der Waals surface area contributed by atoms with E-state index in [4.69, 9.17) is 9.84 Å². The summed E-state index contributed by atoms with van der Waals surface area (Å²) in [5, 5.41) is 15.9. The third kappa shape index (κ3) is 3.08. The Morgan fingerprint density at radius 3 is 2.64 bits per heavy atom. The first-order valence-corrected chi connectivity index (χ1v) is 6.61. The molecule has 2 N–H and O–H groups in total. The van der Waals surface area contributed by atoms with Gasteiger partial charge in [0.25, 0.3) is 5.91 Å². The van der Waals surface area contributed by atoms with Crippen LogP contribution in [0.15, 0.2) is 24.4 Å². The third-order valence-corrected chi connectivity index (χ3v) is 3.43. The molecule has 7 nitrogen and oxygen atoms in total. The number of benzene rings is 1. The van der Waals surface area contributed by atoms with Crippen LogP contribution in [0.3, 0.4) is 0 Å². The van der Waals surface area contributed by atoms with E-state index in [0.717, 1.165) is 5.69 Å². The second-order valence-corrected chi connectivity index (χ2v) is 4.79. The fraction of sp³-hybridized carbons (Fsp3) is 0.267. The van der Waals surface area contributed by atoms with Crippen LogP contribution in [0.2, 0.25) is 0 Å². The summed E-state index contributed by atoms with van der Waals surface area (Å²) in [6.45, 7) is 2.02. The van der Waals surface area contributed by atoms with E-state index in [0.29, 0.717) is 11.1 Å². The van der Waals surface area contributed by atoms with Gasteiger partial charge in [0.05, 0.1) is 18.9 Å². The van der Waals surface area contributed by atoms with Crippen molar-refractivity contribution >= 4 is 11.9 Å². The molecule has 0 aliphatic carbocycles. The fourth-order valence-electron chi connectivity index (χ4n) is 2.03. The van der Waals surface area contributed by atoms with E-state index >= 15 is 0 Å². The topological polar surface area (TPSA) is 93.5 Å². The molecule has 0 aliphatic rings. The quantitative estimate of drug-likeness (QED) is 0.870. The van der Waals surface area contributed by atoms with Crippen molar-refractivity contribution in [3.63, 3.8) is 0 Å². The lowest BCUT2D eigenvalue weighted by Gasteiger charge is -2.09. The van der Waals surface area contributed by atoms with Crippen molar-refractivity contribution in [1.29, 1.82) is 0 Å². The monoisotopic (exact) mass is 303 g/mol. The van der Waals surface area contributed by atoms with Crippen molar-refractivity contribution in [2.75, 3.05) is 7.11 Å². The number of nitrogens with zero attached hydrogens (tertiary/aromatic N) is 2. The second kappa shape index (κ2) is 6.30. The molecule has 1 heterocycles. The van der Waals surface area contributed by atoms with Gasteiger partial charge in [0.1, 0.15) is 11.3 Å². The maximum atomic E-state index is 12.1. The van der Waals surface area contributed by atoms with Gasteiger partial charge in [0, 0.05) is 19.3 Å². The number of ether oxygens (including phenoxy) is 1. The Bertz CT molecular complexity index is 722. The summed E-state index contributed by atoms with van der Waals surface area (Å²) >= 11 is 0. The fourth-order valence-corrected chi connectivity index (χ4v) is 2.03. The predicted molar refractivity (Wildman–Crippen MR) is 79.1 cm³/mol. The minimum absolute atomic E-state index is 0.0619. The van der Waals surface area contributed by atoms with Crippen LogP contribution in [0.1, 0.15) is 32.0 Å². The molecule has 0 bridgehead atoms. The van der Waals surface area contributed by atoms with Gasteiger partial charge in [-0.05, 0) is 24.6 Å². The molecular weight excluding hydrogens is 286 g/mol. The summed E-state index contributed by atoms with van der Waals surface area (Å²) in [5.41, 5.74) is 1.99. The molecule has 1 aromatic heterocycles. The van der Waals surface area contributed by atoms with E-state index < -0.39 is 5.97 Å². The van der Waals surface area contributed by atoms with E-state index in [-0.39, 0.29) is 23.8 Å². The van der Waals surface area contributed by atoms with Crippen molar-refractivity contribution in [3.8, 4) is 5.75 Å². The SMILES string of the molecule is COc1ccc(CNC(=O)c2cnn(C)c2C)cc1C(=O)O. The zero-order valence-corrected chi connectivity index (χ0v) is 12.6. The van der Waals surface area contributed by atoms with Gasteiger partial charge < -0.3 is 15.2 Å². The van der Waals surface area contributed by atoms with Crippen LogP contribution in [-0.4, -0.2) is 33.9 Å². The van der Waals surface area contributed by atoms with E-state index in [1.165, 1.54) is 19.4 Å². The lowest BCUT2D eigenvalue weighted by molar-refractivity contribution is 0.0693. The Labute approximate surface area is 127 Å². The highest BCUT2D eigenvalue weighted by atomic mass is 16.5. The molecule has 1 amide bonds. The van der Waals surface area contributed by atoms with Crippen LogP contribution in [0, 0.1) is 6.92 Å². The average molecular weight is 303 g/mol. The Morgan fingerprint density at radius 1 is 1.36 bits per heavy atom. The molecule has 0 saturated heterocycles. The number of carboxylic acids is 1. The Hall–Kier alpha value is -2.83. The standard InChI is InChI=1S/C15H17N3O4/c1-9-12(8-17-18(9)2)14(19)16-7-10-4-5-13(22-3)11(6-10)15(20)21/h4-6,8H,7H2,1-3H3,(H,16,19)(H,20,21). The van der Waals surface area contributed by atoms with Crippen LogP contribution in [0.5, 0.6) is 5.75 Å². The zero-order chi connectivity index (χ0) is 16.3. The van der Waals surface area contributed by atoms with Gasteiger partial charge >= 0.3 is 5.97 Å². The van der Waals surface area contributed by atoms with E-state index in [1.807, 2.05) is 0 Å². The van der Waals surface area contributed by atoms with Gasteiger partial charge in [-0.2, -0.15) is 5.10 Å². The van der Waals surface area contributed by atoms with Crippen LogP contribution in [0.25, 0.3) is 0 Å². The summed E-state index contributed by atoms with van der Waals surface area (Å²) in [4.78, 5) is 23.3. The van der Waals surface area contributed by atoms with Crippen LogP contribution < -0.4 is 10.1 Å². The van der Waals surface area contributed by atoms with Gasteiger partial charge in [-0.3, -0.25) is 9.48 Å². The number of carboxylic acid groups (broad SMARTS) is 1. The number of aryl methyl sites for hydroxylation is 1. The number of nitrogens with one attached hydrogen (secondary N) is 1. The molecule has 2 rings (SSSR count). The molecule has 1 aromatic carbocycles. The molecule has 0 atom stereocenters. The molecule has 116 valence electrons. The normalized spacial score (nSPS) is 10.3. The Balaban J connectivity index is 2.12. The number of aromatic carboxylic acids is 1. The first-order chi connectivity index (χ1) is 10.4. The summed E-state index contributed by atoms with van der Waals surface area (Å²) < 4.78 is 6.61. The third-order valence-electron chi connectivity index (χ3n) is 3.43. The molecule has 22 heavy (non-hydrogen) atoms. The van der Waals surface area contributed by atoms with Gasteiger partial charge in [-0.15, -0.1) is 0 Å². The zero-order valence-electron chi connectivity index (χ0n) is 12.6. The molecule has 0 aliphatic heterocycles. The van der Waals surface area contributed by atoms with Crippen LogP contribution >= 0.6 is 0 Å². The second-order valence-electron chi connectivity index (χ2n) is 4.79. The highest BCUT2D eigenvalue weighted by molar-refractivity contribution is 5.95. The molecule has 0 spiro atoms. The van der Waals surface area contributed by atoms with Gasteiger partial charge in [-0.1, -0.05) is 6.07 Å². The summed E-state index contributed by atoms with van der Waals surface area (Å²) in [5.74, 6) is -1.04. The maximum absolute atomic E-state index is 12.1. The minimum Gasteiger partial charge on any atom is -0.496 e. The number of carbonyl (C=O) groups excluding carboxylic acids is 1. The molecule has 2 aromatic rings. The molecule has 0 radical (unpaired) electrons. The van der Waals surface area contributed by atoms with Gasteiger partial charge in [0.15, 0.2) is 0 Å². The highest BCUT2D eigenvalue weighted by Gasteiger charge is 2.14. The number of methoxy groups -OCH3 is 1. The molecule has 0 saturated carbocycles. The van der Waals surface area contributed by atoms with Crippen LogP contribution in [-0.2, 0) is 13.6 Å². The van der Waals surface area contributed by atoms with Crippen molar-refractivity contribution in [2.45, 2.75) is 13.5 Å². The number of hydrogen-bond donors (Lipinski definition) is 2. The summed E-state index contributed by atoms with van der Waals surface area (Å²) in [6.07, 6.45) is 1.50. The predicted octanol–water partition coefficient (Wildman–Crippen LogP) is 1.37. The highest BCUT2D eigenvalue weighted by Crippen LogP contribution is 2.20. The lowest BCUT2D eigenvalue weighted by Crippen LogP contribution is -2.23. The van der Waals surface area contributed by atoms with Gasteiger partial charge in [0.2, 0.25) is 0 Å². The number of rotatable bonds is 5. The Morgan fingerprint density at radius 2 is 2.09 bits per heavy atom. The van der Waals surface area contributed by atoms with E-state index in [1.54, 1.807) is 30.8 Å². The molecule has 0 fully saturated rings. The molecule has 7 heteroatoms. The number of hydrogen-bond acceptors (Lipinski definition) is 4. The lowest BCUT2D eigenvalue weighted by atomic mass is 10.1. The first kappa shape index (κ1) is 15.6. The minimum atomic E-state index is -1.08. The average Bonchev–Trinajstić information content (AvgIpc) is 2.84. The summed E-state index contributed by atoms with van der Waals surface area (Å²) in [6, 6.07) is 4.76. The van der Waals surface area contributed by atoms with Crippen molar-refractivity contribution in [3.05, 3.63) is 46.8 Å². The maximum Gasteiger partial charge on any atom is 0.339 e. The number of amides is 1. The van der Waals surface area contributed by atoms with Crippen LogP contribution in [0.4, 0.5) is 0 Å². The van der Waals surface area contributed by atoms with Crippen molar-refractivity contribution in [2.24, 2.45) is 7.05 Å². The first-order valence-electron chi connectivity index (χ1n) is 6.61. The smallest absolute Gasteiger partial charge is 0.339 e. The number of aromatic nitrogens is 2. The largest absolute Gasteiger partial charge is 0.496 e. The molecule has 0 unspecified atom stereocenters. The number of carbonyl (C=O) groups is 2. The van der Waals surface area contributed by atoms with E-state index in [2.05, 4.69) is 10.4 Å².